The molecule has 0 N–H and O–H groups in total. The molecule has 0 spiro atoms. The Morgan fingerprint density at radius 1 is 1.29 bits per heavy atom. The maximum absolute atomic E-state index is 12.9. The normalized spacial score (nSPS) is 17.8. The van der Waals surface area contributed by atoms with Gasteiger partial charge in [-0.3, -0.25) is 9.36 Å². The van der Waals surface area contributed by atoms with Crippen LogP contribution >= 0.6 is 11.8 Å². The molecule has 2 aromatic carbocycles. The Kier molecular flexibility index (Phi) is 4.29. The highest BCUT2D eigenvalue weighted by Gasteiger charge is 2.18. The molecule has 1 aliphatic heterocycles. The van der Waals surface area contributed by atoms with Crippen molar-refractivity contribution >= 4 is 33.4 Å². The van der Waals surface area contributed by atoms with E-state index >= 15 is 0 Å². The lowest BCUT2D eigenvalue weighted by atomic mass is 10.1. The van der Waals surface area contributed by atoms with E-state index in [9.17, 15) is 4.79 Å². The molecule has 0 saturated carbocycles. The Labute approximate surface area is 144 Å². The predicted octanol–water partition coefficient (Wildman–Crippen LogP) is 3.84. The lowest BCUT2D eigenvalue weighted by Gasteiger charge is -2.13. The van der Waals surface area contributed by atoms with E-state index in [1.807, 2.05) is 37.3 Å². The lowest BCUT2D eigenvalue weighted by molar-refractivity contribution is 0.129. The summed E-state index contributed by atoms with van der Waals surface area (Å²) in [6.45, 7) is 3.47. The van der Waals surface area contributed by atoms with E-state index in [-0.39, 0.29) is 11.7 Å². The molecule has 3 aromatic rings. The van der Waals surface area contributed by atoms with Gasteiger partial charge in [0.05, 0.1) is 17.0 Å². The summed E-state index contributed by atoms with van der Waals surface area (Å²) in [5.41, 5.74) is 0.821. The van der Waals surface area contributed by atoms with Crippen molar-refractivity contribution in [2.24, 2.45) is 0 Å². The summed E-state index contributed by atoms with van der Waals surface area (Å²) < 4.78 is 7.46. The quantitative estimate of drug-likeness (QED) is 0.411. The number of thioether (sulfide) groups is 1. The van der Waals surface area contributed by atoms with Crippen LogP contribution in [0.25, 0.3) is 21.7 Å². The van der Waals surface area contributed by atoms with Crippen LogP contribution in [0.1, 0.15) is 19.8 Å². The molecule has 5 heteroatoms. The summed E-state index contributed by atoms with van der Waals surface area (Å²) in [4.78, 5) is 17.7. The standard InChI is InChI=1S/C19H20N2O2S/c1-2-21-18(22)16-10-13-6-3-4-7-14(13)11-17(16)20-19(21)24-12-15-8-5-9-23-15/h3-4,6-7,10-11,15H,2,5,8-9,12H2,1H3/t15-/m0/s1. The number of fused-ring (bicyclic) bond motifs is 2. The van der Waals surface area contributed by atoms with Crippen molar-refractivity contribution in [3.63, 3.8) is 0 Å². The Morgan fingerprint density at radius 2 is 2.08 bits per heavy atom. The Morgan fingerprint density at radius 3 is 2.79 bits per heavy atom. The zero-order chi connectivity index (χ0) is 16.5. The minimum absolute atomic E-state index is 0.0445. The van der Waals surface area contributed by atoms with Crippen LogP contribution in [-0.2, 0) is 11.3 Å². The van der Waals surface area contributed by atoms with Crippen LogP contribution in [0.15, 0.2) is 46.3 Å². The van der Waals surface area contributed by atoms with E-state index in [1.165, 1.54) is 0 Å². The molecule has 0 unspecified atom stereocenters. The summed E-state index contributed by atoms with van der Waals surface area (Å²) in [7, 11) is 0. The first-order chi connectivity index (χ1) is 11.8. The molecular formula is C19H20N2O2S. The van der Waals surface area contributed by atoms with Crippen molar-refractivity contribution < 1.29 is 4.74 Å². The summed E-state index contributed by atoms with van der Waals surface area (Å²) in [6.07, 6.45) is 2.51. The van der Waals surface area contributed by atoms with Crippen LogP contribution in [-0.4, -0.2) is 28.0 Å². The molecule has 4 rings (SSSR count). The topological polar surface area (TPSA) is 44.1 Å². The van der Waals surface area contributed by atoms with Gasteiger partial charge in [-0.15, -0.1) is 0 Å². The van der Waals surface area contributed by atoms with Gasteiger partial charge in [0.25, 0.3) is 5.56 Å². The Bertz CT molecular complexity index is 945. The zero-order valence-corrected chi connectivity index (χ0v) is 14.5. The highest BCUT2D eigenvalue weighted by Crippen LogP contribution is 2.25. The fourth-order valence-electron chi connectivity index (χ4n) is 3.22. The third-order valence-electron chi connectivity index (χ3n) is 4.53. The van der Waals surface area contributed by atoms with Crippen molar-refractivity contribution in [1.82, 2.24) is 9.55 Å². The molecule has 124 valence electrons. The van der Waals surface area contributed by atoms with Crippen LogP contribution in [0.5, 0.6) is 0 Å². The Balaban J connectivity index is 1.80. The molecule has 1 atom stereocenters. The average molecular weight is 340 g/mol. The molecule has 1 fully saturated rings. The number of aromatic nitrogens is 2. The first-order valence-electron chi connectivity index (χ1n) is 8.44. The first kappa shape index (κ1) is 15.7. The third kappa shape index (κ3) is 2.82. The fourth-order valence-corrected chi connectivity index (χ4v) is 4.35. The van der Waals surface area contributed by atoms with E-state index in [4.69, 9.17) is 9.72 Å². The van der Waals surface area contributed by atoms with Crippen LogP contribution in [0.4, 0.5) is 0 Å². The van der Waals surface area contributed by atoms with Gasteiger partial charge in [0.2, 0.25) is 0 Å². The smallest absolute Gasteiger partial charge is 0.262 e. The number of nitrogens with zero attached hydrogens (tertiary/aromatic N) is 2. The van der Waals surface area contributed by atoms with E-state index in [2.05, 4.69) is 6.07 Å². The highest BCUT2D eigenvalue weighted by molar-refractivity contribution is 7.99. The van der Waals surface area contributed by atoms with Gasteiger partial charge in [-0.2, -0.15) is 0 Å². The fraction of sp³-hybridized carbons (Fsp3) is 0.368. The monoisotopic (exact) mass is 340 g/mol. The second-order valence-corrected chi connectivity index (χ2v) is 7.09. The summed E-state index contributed by atoms with van der Waals surface area (Å²) in [5.74, 6) is 0.853. The van der Waals surface area contributed by atoms with Gasteiger partial charge in [0, 0.05) is 18.9 Å². The van der Waals surface area contributed by atoms with Crippen LogP contribution in [0.3, 0.4) is 0 Å². The van der Waals surface area contributed by atoms with Crippen molar-refractivity contribution in [3.05, 3.63) is 46.8 Å². The maximum Gasteiger partial charge on any atom is 0.262 e. The Hall–Kier alpha value is -1.85. The number of benzene rings is 2. The minimum atomic E-state index is 0.0445. The first-order valence-corrected chi connectivity index (χ1v) is 9.42. The molecule has 2 heterocycles. The maximum atomic E-state index is 12.9. The van der Waals surface area contributed by atoms with Gasteiger partial charge in [-0.25, -0.2) is 4.98 Å². The molecule has 4 nitrogen and oxygen atoms in total. The van der Waals surface area contributed by atoms with Crippen LogP contribution in [0.2, 0.25) is 0 Å². The molecule has 1 aromatic heterocycles. The van der Waals surface area contributed by atoms with Crippen LogP contribution in [0, 0.1) is 0 Å². The SMILES string of the molecule is CCn1c(SC[C@@H]2CCCO2)nc2cc3ccccc3cc2c1=O. The molecular weight excluding hydrogens is 320 g/mol. The van der Waals surface area contributed by atoms with E-state index in [0.29, 0.717) is 11.9 Å². The number of ether oxygens (including phenoxy) is 1. The van der Waals surface area contributed by atoms with Crippen molar-refractivity contribution in [2.75, 3.05) is 12.4 Å². The van der Waals surface area contributed by atoms with Gasteiger partial charge in [-0.1, -0.05) is 36.0 Å². The zero-order valence-electron chi connectivity index (χ0n) is 13.7. The van der Waals surface area contributed by atoms with Crippen molar-refractivity contribution in [1.29, 1.82) is 0 Å². The second-order valence-electron chi connectivity index (χ2n) is 6.11. The number of rotatable bonds is 4. The van der Waals surface area contributed by atoms with E-state index in [0.717, 1.165) is 46.6 Å². The molecule has 1 aliphatic rings. The number of hydrogen-bond donors (Lipinski definition) is 0. The minimum Gasteiger partial charge on any atom is -0.377 e. The van der Waals surface area contributed by atoms with Gasteiger partial charge < -0.3 is 4.74 Å². The van der Waals surface area contributed by atoms with E-state index in [1.54, 1.807) is 16.3 Å². The van der Waals surface area contributed by atoms with Crippen molar-refractivity contribution in [2.45, 2.75) is 37.6 Å². The molecule has 1 saturated heterocycles. The van der Waals surface area contributed by atoms with Crippen LogP contribution < -0.4 is 5.56 Å². The summed E-state index contributed by atoms with van der Waals surface area (Å²) >= 11 is 1.63. The van der Waals surface area contributed by atoms with Crippen molar-refractivity contribution in [3.8, 4) is 0 Å². The highest BCUT2D eigenvalue weighted by atomic mass is 32.2. The third-order valence-corrected chi connectivity index (χ3v) is 5.63. The lowest BCUT2D eigenvalue weighted by Crippen LogP contribution is -2.23. The van der Waals surface area contributed by atoms with Gasteiger partial charge in [0.1, 0.15) is 0 Å². The molecule has 0 radical (unpaired) electrons. The number of hydrogen-bond acceptors (Lipinski definition) is 4. The summed E-state index contributed by atoms with van der Waals surface area (Å²) in [5, 5.41) is 3.67. The second kappa shape index (κ2) is 6.57. The van der Waals surface area contributed by atoms with E-state index < -0.39 is 0 Å². The molecule has 0 amide bonds. The molecule has 0 bridgehead atoms. The largest absolute Gasteiger partial charge is 0.377 e. The van der Waals surface area contributed by atoms with Gasteiger partial charge in [0.15, 0.2) is 5.16 Å². The molecule has 0 aliphatic carbocycles. The van der Waals surface area contributed by atoms with Gasteiger partial charge >= 0.3 is 0 Å². The van der Waals surface area contributed by atoms with Gasteiger partial charge in [-0.05, 0) is 42.7 Å². The average Bonchev–Trinajstić information content (AvgIpc) is 3.12. The summed E-state index contributed by atoms with van der Waals surface area (Å²) in [6, 6.07) is 12.1. The predicted molar refractivity (Wildman–Crippen MR) is 98.9 cm³/mol. The molecule has 24 heavy (non-hydrogen) atoms.